The van der Waals surface area contributed by atoms with Gasteiger partial charge < -0.3 is 9.55 Å². The molecule has 0 fully saturated rings. The first-order chi connectivity index (χ1) is 16.6. The van der Waals surface area contributed by atoms with Crippen molar-refractivity contribution in [3.8, 4) is 16.9 Å². The van der Waals surface area contributed by atoms with Crippen molar-refractivity contribution in [2.24, 2.45) is 0 Å². The number of aryl methyl sites for hydroxylation is 2. The monoisotopic (exact) mass is 456 g/mol. The lowest BCUT2D eigenvalue weighted by molar-refractivity contribution is 1.02. The van der Waals surface area contributed by atoms with E-state index in [1.54, 1.807) is 0 Å². The fourth-order valence-electron chi connectivity index (χ4n) is 4.20. The first-order valence-electron chi connectivity index (χ1n) is 12.7. The van der Waals surface area contributed by atoms with E-state index < -0.39 is 0 Å². The van der Waals surface area contributed by atoms with E-state index in [-0.39, 0.29) is 0 Å². The number of aromatic amines is 1. The van der Waals surface area contributed by atoms with E-state index >= 15 is 0 Å². The van der Waals surface area contributed by atoms with Crippen molar-refractivity contribution in [3.05, 3.63) is 95.0 Å². The van der Waals surface area contributed by atoms with Gasteiger partial charge >= 0.3 is 0 Å². The Morgan fingerprint density at radius 2 is 1.50 bits per heavy atom. The molecular weight excluding hydrogens is 412 g/mol. The Morgan fingerprint density at radius 1 is 0.853 bits per heavy atom. The summed E-state index contributed by atoms with van der Waals surface area (Å²) in [5.41, 5.74) is 10.9. The van der Waals surface area contributed by atoms with Gasteiger partial charge in [-0.3, -0.25) is 0 Å². The molecular formula is C32H44N2. The molecule has 2 heterocycles. The molecule has 2 aromatic heterocycles. The minimum atomic E-state index is 0.961. The summed E-state index contributed by atoms with van der Waals surface area (Å²) in [6.07, 6.45) is 15.7. The number of rotatable bonds is 7. The third-order valence-corrected chi connectivity index (χ3v) is 5.51. The van der Waals surface area contributed by atoms with Crippen molar-refractivity contribution < 1.29 is 0 Å². The number of aromatic nitrogens is 2. The quantitative estimate of drug-likeness (QED) is 0.341. The summed E-state index contributed by atoms with van der Waals surface area (Å²) in [6, 6.07) is 10.6. The molecule has 1 aromatic carbocycles. The summed E-state index contributed by atoms with van der Waals surface area (Å²) >= 11 is 0. The second-order valence-corrected chi connectivity index (χ2v) is 7.39. The van der Waals surface area contributed by atoms with Crippen molar-refractivity contribution in [2.75, 3.05) is 0 Å². The van der Waals surface area contributed by atoms with E-state index in [0.717, 1.165) is 17.7 Å². The van der Waals surface area contributed by atoms with Gasteiger partial charge in [0.2, 0.25) is 0 Å². The maximum absolute atomic E-state index is 4.19. The maximum Gasteiger partial charge on any atom is 0.0633 e. The zero-order valence-corrected chi connectivity index (χ0v) is 22.8. The van der Waals surface area contributed by atoms with Crippen molar-refractivity contribution >= 4 is 18.2 Å². The highest BCUT2D eigenvalue weighted by atomic mass is 15.0. The number of H-pyrrole nitrogens is 1. The van der Waals surface area contributed by atoms with Crippen LogP contribution >= 0.6 is 0 Å². The standard InChI is InChI=1S/C28H32N2.2C2H6/c1-7-11-13-19-24-21(6)30(22-17-14-12-15-18-22)28(23(24)9-3)27-20(5)29-26(10-4)25(27)16-8-2;2*1-2/h7-9,11-19,29H,3,10H2,1-2,4-6H3;2*1-2H3/b11-7-,16-8-,19-13-;;. The molecule has 0 aliphatic rings. The molecule has 1 N–H and O–H groups in total. The van der Waals surface area contributed by atoms with Gasteiger partial charge in [0.05, 0.1) is 5.69 Å². The largest absolute Gasteiger partial charge is 0.361 e. The van der Waals surface area contributed by atoms with E-state index in [0.29, 0.717) is 0 Å². The van der Waals surface area contributed by atoms with Crippen molar-refractivity contribution in [1.29, 1.82) is 0 Å². The lowest BCUT2D eigenvalue weighted by atomic mass is 9.98. The fraction of sp³-hybridized carbons (Fsp3) is 0.312. The Morgan fingerprint density at radius 3 is 2.03 bits per heavy atom. The van der Waals surface area contributed by atoms with E-state index in [4.69, 9.17) is 0 Å². The Bertz CT molecular complexity index is 1120. The molecule has 0 radical (unpaired) electrons. The predicted molar refractivity (Wildman–Crippen MR) is 156 cm³/mol. The second-order valence-electron chi connectivity index (χ2n) is 7.39. The Hall–Kier alpha value is -3.26. The molecule has 0 aliphatic carbocycles. The molecule has 0 amide bonds. The molecule has 2 nitrogen and oxygen atoms in total. The molecule has 2 heteroatoms. The SMILES string of the molecule is C=Cc1c(/C=C\C=C/C)c(C)n(-c2ccccc2)c1-c1c(C)[nH]c(CC)c1/C=C\C.CC.CC. The van der Waals surface area contributed by atoms with Gasteiger partial charge in [-0.15, -0.1) is 0 Å². The third kappa shape index (κ3) is 5.99. The molecule has 3 rings (SSSR count). The van der Waals surface area contributed by atoms with Gasteiger partial charge in [0.15, 0.2) is 0 Å². The van der Waals surface area contributed by atoms with Crippen LogP contribution in [0.25, 0.3) is 35.2 Å². The smallest absolute Gasteiger partial charge is 0.0633 e. The first kappa shape index (κ1) is 28.8. The highest BCUT2D eigenvalue weighted by molar-refractivity contribution is 5.88. The van der Waals surface area contributed by atoms with Crippen LogP contribution in [-0.4, -0.2) is 9.55 Å². The van der Waals surface area contributed by atoms with Crippen LogP contribution in [0.3, 0.4) is 0 Å². The van der Waals surface area contributed by atoms with Crippen molar-refractivity contribution in [3.63, 3.8) is 0 Å². The summed E-state index contributed by atoms with van der Waals surface area (Å²) in [5.74, 6) is 0. The van der Waals surface area contributed by atoms with Crippen LogP contribution in [0.5, 0.6) is 0 Å². The van der Waals surface area contributed by atoms with Crippen LogP contribution in [-0.2, 0) is 6.42 Å². The van der Waals surface area contributed by atoms with E-state index in [2.05, 4.69) is 105 Å². The van der Waals surface area contributed by atoms with Crippen LogP contribution in [0.4, 0.5) is 0 Å². The van der Waals surface area contributed by atoms with Crippen LogP contribution in [0.15, 0.2) is 61.2 Å². The van der Waals surface area contributed by atoms with Crippen LogP contribution in [0, 0.1) is 13.8 Å². The molecule has 0 aliphatic heterocycles. The van der Waals surface area contributed by atoms with Gasteiger partial charge in [-0.25, -0.2) is 0 Å². The number of nitrogens with one attached hydrogen (secondary N) is 1. The van der Waals surface area contributed by atoms with Gasteiger partial charge in [0, 0.05) is 45.0 Å². The lowest BCUT2D eigenvalue weighted by Gasteiger charge is -2.14. The van der Waals surface area contributed by atoms with Gasteiger partial charge in [-0.05, 0) is 46.2 Å². The summed E-state index contributed by atoms with van der Waals surface area (Å²) in [6.45, 7) is 22.9. The number of allylic oxidation sites excluding steroid dienone is 4. The van der Waals surface area contributed by atoms with Gasteiger partial charge in [-0.2, -0.15) is 0 Å². The van der Waals surface area contributed by atoms with Gasteiger partial charge in [-0.1, -0.05) is 102 Å². The Kier molecular flexibility index (Phi) is 12.5. The minimum absolute atomic E-state index is 0.961. The normalized spacial score (nSPS) is 11.0. The predicted octanol–water partition coefficient (Wildman–Crippen LogP) is 9.97. The molecule has 182 valence electrons. The highest BCUT2D eigenvalue weighted by Gasteiger charge is 2.24. The number of hydrogen-bond donors (Lipinski definition) is 1. The van der Waals surface area contributed by atoms with Crippen LogP contribution in [0.1, 0.15) is 82.2 Å². The minimum Gasteiger partial charge on any atom is -0.361 e. The van der Waals surface area contributed by atoms with E-state index in [1.807, 2.05) is 46.8 Å². The topological polar surface area (TPSA) is 20.7 Å². The lowest BCUT2D eigenvalue weighted by Crippen LogP contribution is -2.00. The molecule has 3 aromatic rings. The third-order valence-electron chi connectivity index (χ3n) is 5.51. The zero-order valence-electron chi connectivity index (χ0n) is 22.8. The molecule has 0 saturated carbocycles. The molecule has 0 atom stereocenters. The number of hydrogen-bond acceptors (Lipinski definition) is 0. The van der Waals surface area contributed by atoms with Crippen LogP contribution < -0.4 is 0 Å². The summed E-state index contributed by atoms with van der Waals surface area (Å²) in [4.78, 5) is 3.63. The molecule has 0 bridgehead atoms. The second kappa shape index (κ2) is 14.8. The molecule has 0 saturated heterocycles. The average Bonchev–Trinajstić information content (AvgIpc) is 3.34. The van der Waals surface area contributed by atoms with Gasteiger partial charge in [0.1, 0.15) is 0 Å². The van der Waals surface area contributed by atoms with Gasteiger partial charge in [0.25, 0.3) is 0 Å². The first-order valence-corrected chi connectivity index (χ1v) is 12.7. The van der Waals surface area contributed by atoms with E-state index in [9.17, 15) is 0 Å². The summed E-state index contributed by atoms with van der Waals surface area (Å²) in [7, 11) is 0. The maximum atomic E-state index is 4.19. The average molecular weight is 457 g/mol. The Balaban J connectivity index is 0.00000137. The number of benzene rings is 1. The highest BCUT2D eigenvalue weighted by Crippen LogP contribution is 2.40. The molecule has 34 heavy (non-hydrogen) atoms. The summed E-state index contributed by atoms with van der Waals surface area (Å²) in [5, 5.41) is 0. The van der Waals surface area contributed by atoms with Crippen molar-refractivity contribution in [2.45, 2.75) is 68.7 Å². The van der Waals surface area contributed by atoms with Crippen molar-refractivity contribution in [1.82, 2.24) is 9.55 Å². The van der Waals surface area contributed by atoms with E-state index in [1.165, 1.54) is 39.5 Å². The van der Waals surface area contributed by atoms with Crippen LogP contribution in [0.2, 0.25) is 0 Å². The number of nitrogens with zero attached hydrogens (tertiary/aromatic N) is 1. The molecule has 0 unspecified atom stereocenters. The molecule has 0 spiro atoms. The fourth-order valence-corrected chi connectivity index (χ4v) is 4.20. The zero-order chi connectivity index (χ0) is 25.7. The Labute approximate surface area is 208 Å². The summed E-state index contributed by atoms with van der Waals surface area (Å²) < 4.78 is 2.37. The number of para-hydroxylation sites is 1.